The van der Waals surface area contributed by atoms with Gasteiger partial charge in [-0.05, 0) is 37.0 Å². The van der Waals surface area contributed by atoms with Crippen molar-refractivity contribution in [2.45, 2.75) is 31.9 Å². The molecule has 1 heterocycles. The molecule has 1 atom stereocenters. The van der Waals surface area contributed by atoms with Gasteiger partial charge in [-0.1, -0.05) is 12.1 Å². The number of hydrogen-bond acceptors (Lipinski definition) is 5. The van der Waals surface area contributed by atoms with Gasteiger partial charge in [-0.3, -0.25) is 0 Å². The monoisotopic (exact) mass is 304 g/mol. The van der Waals surface area contributed by atoms with Gasteiger partial charge in [-0.15, -0.1) is 11.3 Å². The highest BCUT2D eigenvalue weighted by atomic mass is 32.1. The van der Waals surface area contributed by atoms with E-state index in [1.54, 1.807) is 18.4 Å². The largest absolute Gasteiger partial charge is 0.497 e. The van der Waals surface area contributed by atoms with Crippen LogP contribution in [0.2, 0.25) is 0 Å². The summed E-state index contributed by atoms with van der Waals surface area (Å²) in [7, 11) is 3.72. The van der Waals surface area contributed by atoms with Gasteiger partial charge in [0, 0.05) is 18.5 Å². The molecule has 1 aromatic carbocycles. The minimum absolute atomic E-state index is 0.381. The normalized spacial score (nSPS) is 17.4. The summed E-state index contributed by atoms with van der Waals surface area (Å²) in [5, 5.41) is 11.0. The van der Waals surface area contributed by atoms with Gasteiger partial charge < -0.3 is 14.7 Å². The van der Waals surface area contributed by atoms with E-state index in [4.69, 9.17) is 4.74 Å². The molecule has 0 aliphatic heterocycles. The van der Waals surface area contributed by atoms with Crippen molar-refractivity contribution in [2.24, 2.45) is 0 Å². The van der Waals surface area contributed by atoms with E-state index >= 15 is 0 Å². The van der Waals surface area contributed by atoms with Gasteiger partial charge >= 0.3 is 0 Å². The number of rotatable bonds is 4. The number of aromatic nitrogens is 1. The Morgan fingerprint density at radius 3 is 2.81 bits per heavy atom. The molecule has 0 saturated heterocycles. The zero-order valence-electron chi connectivity index (χ0n) is 12.4. The Balaban J connectivity index is 1.74. The molecule has 0 saturated carbocycles. The third kappa shape index (κ3) is 3.04. The van der Waals surface area contributed by atoms with E-state index in [-0.39, 0.29) is 6.10 Å². The number of aryl methyl sites for hydroxylation is 1. The standard InChI is InChI=1S/C16H20N2O2S/c1-18(10-11-6-8-12(20-2)9-7-11)16-17-15-13(19)4-3-5-14(15)21-16/h6-9,13,19H,3-5,10H2,1-2H3. The van der Waals surface area contributed by atoms with Gasteiger partial charge in [0.25, 0.3) is 0 Å². The summed E-state index contributed by atoms with van der Waals surface area (Å²) in [6.07, 6.45) is 2.55. The van der Waals surface area contributed by atoms with Crippen LogP contribution in [0.1, 0.15) is 35.1 Å². The maximum atomic E-state index is 10.0. The first-order chi connectivity index (χ1) is 10.2. The highest BCUT2D eigenvalue weighted by Gasteiger charge is 2.23. The Morgan fingerprint density at radius 2 is 2.14 bits per heavy atom. The van der Waals surface area contributed by atoms with Gasteiger partial charge in [0.15, 0.2) is 5.13 Å². The lowest BCUT2D eigenvalue weighted by Gasteiger charge is -2.16. The number of ether oxygens (including phenoxy) is 1. The van der Waals surface area contributed by atoms with E-state index in [0.717, 1.165) is 42.4 Å². The van der Waals surface area contributed by atoms with E-state index in [2.05, 4.69) is 22.0 Å². The summed E-state index contributed by atoms with van der Waals surface area (Å²) in [5.41, 5.74) is 2.11. The second-order valence-electron chi connectivity index (χ2n) is 5.42. The van der Waals surface area contributed by atoms with Crippen molar-refractivity contribution in [3.05, 3.63) is 40.4 Å². The number of methoxy groups -OCH3 is 1. The minimum Gasteiger partial charge on any atom is -0.497 e. The molecule has 2 aromatic rings. The fourth-order valence-electron chi connectivity index (χ4n) is 2.62. The molecule has 1 aromatic heterocycles. The van der Waals surface area contributed by atoms with Crippen LogP contribution < -0.4 is 9.64 Å². The third-order valence-electron chi connectivity index (χ3n) is 3.82. The van der Waals surface area contributed by atoms with Crippen molar-refractivity contribution < 1.29 is 9.84 Å². The molecule has 3 rings (SSSR count). The van der Waals surface area contributed by atoms with Crippen molar-refractivity contribution in [3.63, 3.8) is 0 Å². The molecular weight excluding hydrogens is 284 g/mol. The van der Waals surface area contributed by atoms with E-state index in [9.17, 15) is 5.11 Å². The quantitative estimate of drug-likeness (QED) is 0.942. The van der Waals surface area contributed by atoms with Crippen LogP contribution in [0.15, 0.2) is 24.3 Å². The first-order valence-corrected chi connectivity index (χ1v) is 8.00. The molecule has 1 aliphatic rings. The molecule has 1 aliphatic carbocycles. The van der Waals surface area contributed by atoms with E-state index in [0.29, 0.717) is 0 Å². The molecule has 0 spiro atoms. The van der Waals surface area contributed by atoms with E-state index in [1.165, 1.54) is 10.4 Å². The van der Waals surface area contributed by atoms with Crippen molar-refractivity contribution in [3.8, 4) is 5.75 Å². The van der Waals surface area contributed by atoms with Crippen molar-refractivity contribution in [2.75, 3.05) is 19.1 Å². The van der Waals surface area contributed by atoms with Crippen LogP contribution in [-0.4, -0.2) is 24.2 Å². The van der Waals surface area contributed by atoms with Gasteiger partial charge in [0.05, 0.1) is 18.9 Å². The predicted molar refractivity (Wildman–Crippen MR) is 85.1 cm³/mol. The SMILES string of the molecule is COc1ccc(CN(C)c2nc3c(s2)CCCC3O)cc1. The molecule has 0 radical (unpaired) electrons. The summed E-state index contributed by atoms with van der Waals surface area (Å²) in [6, 6.07) is 8.08. The molecule has 4 nitrogen and oxygen atoms in total. The number of aliphatic hydroxyl groups excluding tert-OH is 1. The Kier molecular flexibility index (Phi) is 4.12. The van der Waals surface area contributed by atoms with Gasteiger partial charge in [-0.25, -0.2) is 4.98 Å². The van der Waals surface area contributed by atoms with Crippen LogP contribution >= 0.6 is 11.3 Å². The average molecular weight is 304 g/mol. The molecule has 5 heteroatoms. The number of benzene rings is 1. The highest BCUT2D eigenvalue weighted by Crippen LogP contribution is 2.36. The number of thiazole rings is 1. The average Bonchev–Trinajstić information content (AvgIpc) is 2.94. The minimum atomic E-state index is -0.381. The summed E-state index contributed by atoms with van der Waals surface area (Å²) in [6.45, 7) is 0.798. The smallest absolute Gasteiger partial charge is 0.185 e. The lowest BCUT2D eigenvalue weighted by molar-refractivity contribution is 0.153. The van der Waals surface area contributed by atoms with Crippen LogP contribution in [-0.2, 0) is 13.0 Å². The second-order valence-corrected chi connectivity index (χ2v) is 6.48. The summed E-state index contributed by atoms with van der Waals surface area (Å²) in [5.74, 6) is 0.870. The van der Waals surface area contributed by atoms with Crippen LogP contribution in [0.3, 0.4) is 0 Å². The number of anilines is 1. The topological polar surface area (TPSA) is 45.6 Å². The van der Waals surface area contributed by atoms with E-state index < -0.39 is 0 Å². The van der Waals surface area contributed by atoms with Crippen LogP contribution in [0, 0.1) is 0 Å². The Bertz CT molecular complexity index is 609. The Hall–Kier alpha value is -1.59. The van der Waals surface area contributed by atoms with Crippen molar-refractivity contribution in [1.82, 2.24) is 4.98 Å². The molecular formula is C16H20N2O2S. The number of aliphatic hydroxyl groups is 1. The summed E-state index contributed by atoms with van der Waals surface area (Å²) in [4.78, 5) is 8.01. The third-order valence-corrected chi connectivity index (χ3v) is 5.06. The fourth-order valence-corrected chi connectivity index (χ4v) is 3.74. The maximum Gasteiger partial charge on any atom is 0.185 e. The first kappa shape index (κ1) is 14.4. The number of nitrogens with zero attached hydrogens (tertiary/aromatic N) is 2. The zero-order valence-corrected chi connectivity index (χ0v) is 13.2. The zero-order chi connectivity index (χ0) is 14.8. The highest BCUT2D eigenvalue weighted by molar-refractivity contribution is 7.15. The lowest BCUT2D eigenvalue weighted by Crippen LogP contribution is -2.16. The van der Waals surface area contributed by atoms with Gasteiger partial charge in [-0.2, -0.15) is 0 Å². The summed E-state index contributed by atoms with van der Waals surface area (Å²) >= 11 is 1.70. The predicted octanol–water partition coefficient (Wildman–Crippen LogP) is 3.16. The number of fused-ring (bicyclic) bond motifs is 1. The molecule has 0 bridgehead atoms. The Labute approximate surface area is 129 Å². The molecule has 21 heavy (non-hydrogen) atoms. The first-order valence-electron chi connectivity index (χ1n) is 7.19. The maximum absolute atomic E-state index is 10.0. The molecule has 0 amide bonds. The van der Waals surface area contributed by atoms with Crippen LogP contribution in [0.25, 0.3) is 0 Å². The van der Waals surface area contributed by atoms with Gasteiger partial charge in [0.2, 0.25) is 0 Å². The number of hydrogen-bond donors (Lipinski definition) is 1. The van der Waals surface area contributed by atoms with Crippen molar-refractivity contribution in [1.29, 1.82) is 0 Å². The van der Waals surface area contributed by atoms with Crippen LogP contribution in [0.4, 0.5) is 5.13 Å². The van der Waals surface area contributed by atoms with Crippen LogP contribution in [0.5, 0.6) is 5.75 Å². The van der Waals surface area contributed by atoms with Gasteiger partial charge in [0.1, 0.15) is 5.75 Å². The second kappa shape index (κ2) is 6.03. The molecule has 1 N–H and O–H groups in total. The Morgan fingerprint density at radius 1 is 1.38 bits per heavy atom. The summed E-state index contributed by atoms with van der Waals surface area (Å²) < 4.78 is 5.17. The van der Waals surface area contributed by atoms with E-state index in [1.807, 2.05) is 19.2 Å². The van der Waals surface area contributed by atoms with Crippen molar-refractivity contribution >= 4 is 16.5 Å². The molecule has 1 unspecified atom stereocenters. The molecule has 112 valence electrons. The molecule has 0 fully saturated rings. The fraction of sp³-hybridized carbons (Fsp3) is 0.438. The lowest BCUT2D eigenvalue weighted by atomic mass is 10.0.